The zero-order chi connectivity index (χ0) is 10.6. The van der Waals surface area contributed by atoms with Crippen molar-refractivity contribution in [1.29, 1.82) is 0 Å². The van der Waals surface area contributed by atoms with Gasteiger partial charge >= 0.3 is 0 Å². The highest BCUT2D eigenvalue weighted by Gasteiger charge is 2.18. The third kappa shape index (κ3) is 2.69. The van der Waals surface area contributed by atoms with E-state index < -0.39 is 0 Å². The third-order valence-electron chi connectivity index (χ3n) is 2.15. The number of rotatable bonds is 0. The summed E-state index contributed by atoms with van der Waals surface area (Å²) in [5.74, 6) is 0. The van der Waals surface area contributed by atoms with Crippen molar-refractivity contribution < 1.29 is 0 Å². The van der Waals surface area contributed by atoms with Crippen molar-refractivity contribution in [3.8, 4) is 0 Å². The van der Waals surface area contributed by atoms with E-state index in [1.165, 1.54) is 5.57 Å². The molecule has 0 N–H and O–H groups in total. The van der Waals surface area contributed by atoms with Crippen LogP contribution in [0.1, 0.15) is 12.8 Å². The fourth-order valence-electron chi connectivity index (χ4n) is 1.44. The lowest BCUT2D eigenvalue weighted by Gasteiger charge is -2.22. The molecule has 0 unspecified atom stereocenters. The highest BCUT2D eigenvalue weighted by Crippen LogP contribution is 2.37. The van der Waals surface area contributed by atoms with Crippen molar-refractivity contribution >= 4 is 50.5 Å². The van der Waals surface area contributed by atoms with E-state index in [9.17, 15) is 0 Å². The maximum atomic E-state index is 4.20. The molecule has 0 saturated heterocycles. The molecule has 0 bridgehead atoms. The maximum absolute atomic E-state index is 4.20. The Balaban J connectivity index is 3.11. The minimum atomic E-state index is 0.893. The van der Waals surface area contributed by atoms with Crippen LogP contribution in [0.15, 0.2) is 43.9 Å². The maximum Gasteiger partial charge on any atom is -0.00444 e. The summed E-state index contributed by atoms with van der Waals surface area (Å²) in [5.41, 5.74) is 4.72. The quantitative estimate of drug-likeness (QED) is 0.464. The SMILES string of the molecule is S/C=C1\CC(=C/S)/C(=C/S)C(=C/S)/C1. The number of thiol groups is 4. The fraction of sp³-hybridized carbons (Fsp3) is 0.200. The summed E-state index contributed by atoms with van der Waals surface area (Å²) in [6.07, 6.45) is 1.79. The van der Waals surface area contributed by atoms with E-state index in [4.69, 9.17) is 0 Å². The fourth-order valence-corrected chi connectivity index (χ4v) is 2.41. The Bertz CT molecular complexity index is 308. The van der Waals surface area contributed by atoms with Gasteiger partial charge in [0.2, 0.25) is 0 Å². The van der Waals surface area contributed by atoms with Crippen LogP contribution in [0.3, 0.4) is 0 Å². The zero-order valence-corrected chi connectivity index (χ0v) is 11.1. The molecular weight excluding hydrogens is 248 g/mol. The van der Waals surface area contributed by atoms with Crippen LogP contribution in [0.5, 0.6) is 0 Å². The Morgan fingerprint density at radius 3 is 1.50 bits per heavy atom. The molecule has 14 heavy (non-hydrogen) atoms. The Morgan fingerprint density at radius 1 is 0.714 bits per heavy atom. The second-order valence-corrected chi connectivity index (χ2v) is 4.03. The van der Waals surface area contributed by atoms with Crippen molar-refractivity contribution in [2.24, 2.45) is 0 Å². The number of hydrogen-bond donors (Lipinski definition) is 4. The summed E-state index contributed by atoms with van der Waals surface area (Å²) in [7, 11) is 0. The van der Waals surface area contributed by atoms with Gasteiger partial charge < -0.3 is 0 Å². The molecule has 0 atom stereocenters. The highest BCUT2D eigenvalue weighted by atomic mass is 32.1. The normalized spacial score (nSPS) is 29.4. The van der Waals surface area contributed by atoms with Gasteiger partial charge in [-0.25, -0.2) is 0 Å². The topological polar surface area (TPSA) is 0 Å². The molecule has 0 spiro atoms. The van der Waals surface area contributed by atoms with Crippen LogP contribution in [-0.2, 0) is 0 Å². The van der Waals surface area contributed by atoms with Gasteiger partial charge in [-0.15, -0.1) is 0 Å². The molecule has 0 heterocycles. The molecule has 1 saturated carbocycles. The van der Waals surface area contributed by atoms with E-state index in [0.717, 1.165) is 29.6 Å². The first-order chi connectivity index (χ1) is 6.76. The van der Waals surface area contributed by atoms with E-state index in [1.54, 1.807) is 5.41 Å². The third-order valence-corrected chi connectivity index (χ3v) is 3.40. The van der Waals surface area contributed by atoms with Crippen LogP contribution >= 0.6 is 50.5 Å². The lowest BCUT2D eigenvalue weighted by molar-refractivity contribution is 0.971. The van der Waals surface area contributed by atoms with E-state index in [0.29, 0.717) is 0 Å². The van der Waals surface area contributed by atoms with Gasteiger partial charge in [-0.1, -0.05) is 5.57 Å². The molecule has 0 aromatic heterocycles. The summed E-state index contributed by atoms with van der Waals surface area (Å²) in [4.78, 5) is 0. The molecule has 1 aliphatic rings. The lowest BCUT2D eigenvalue weighted by atomic mass is 9.85. The number of allylic oxidation sites excluding steroid dienone is 4. The highest BCUT2D eigenvalue weighted by molar-refractivity contribution is 7.84. The van der Waals surface area contributed by atoms with Crippen molar-refractivity contribution in [2.45, 2.75) is 12.8 Å². The van der Waals surface area contributed by atoms with Crippen LogP contribution in [0, 0.1) is 0 Å². The monoisotopic (exact) mass is 260 g/mol. The minimum Gasteiger partial charge on any atom is -0.151 e. The molecule has 0 aliphatic heterocycles. The second kappa shape index (κ2) is 6.05. The molecule has 1 aliphatic carbocycles. The van der Waals surface area contributed by atoms with Crippen molar-refractivity contribution in [3.05, 3.63) is 43.9 Å². The van der Waals surface area contributed by atoms with Crippen LogP contribution in [0.25, 0.3) is 0 Å². The van der Waals surface area contributed by atoms with Crippen molar-refractivity contribution in [2.75, 3.05) is 0 Å². The van der Waals surface area contributed by atoms with Gasteiger partial charge in [0.25, 0.3) is 0 Å². The average Bonchev–Trinajstić information content (AvgIpc) is 2.26. The smallest absolute Gasteiger partial charge is 0.00444 e. The molecule has 0 aromatic carbocycles. The Labute approximate surface area is 107 Å². The molecule has 0 aromatic rings. The van der Waals surface area contributed by atoms with Gasteiger partial charge in [-0.2, -0.15) is 50.5 Å². The molecule has 4 heteroatoms. The molecule has 0 nitrogen and oxygen atoms in total. The summed E-state index contributed by atoms with van der Waals surface area (Å²) < 4.78 is 0. The zero-order valence-electron chi connectivity index (χ0n) is 7.51. The minimum absolute atomic E-state index is 0.893. The molecule has 76 valence electrons. The van der Waals surface area contributed by atoms with Crippen LogP contribution in [0.4, 0.5) is 0 Å². The van der Waals surface area contributed by atoms with Crippen LogP contribution < -0.4 is 0 Å². The summed E-state index contributed by atoms with van der Waals surface area (Å²) in [5, 5.41) is 7.29. The van der Waals surface area contributed by atoms with Gasteiger partial charge in [0, 0.05) is 0 Å². The summed E-state index contributed by atoms with van der Waals surface area (Å²) >= 11 is 16.8. The summed E-state index contributed by atoms with van der Waals surface area (Å²) in [6, 6.07) is 0. The van der Waals surface area contributed by atoms with Gasteiger partial charge in [0.05, 0.1) is 0 Å². The predicted octanol–water partition coefficient (Wildman–Crippen LogP) is 4.04. The Kier molecular flexibility index (Phi) is 5.38. The van der Waals surface area contributed by atoms with E-state index in [1.807, 2.05) is 16.2 Å². The van der Waals surface area contributed by atoms with E-state index >= 15 is 0 Å². The van der Waals surface area contributed by atoms with Gasteiger partial charge in [0.15, 0.2) is 0 Å². The lowest BCUT2D eigenvalue weighted by Crippen LogP contribution is -2.04. The first-order valence-electron chi connectivity index (χ1n) is 4.10. The van der Waals surface area contributed by atoms with Gasteiger partial charge in [-0.3, -0.25) is 0 Å². The average molecular weight is 260 g/mol. The predicted molar refractivity (Wildman–Crippen MR) is 77.5 cm³/mol. The second-order valence-electron chi connectivity index (χ2n) is 2.99. The summed E-state index contributed by atoms with van der Waals surface area (Å²) in [6.45, 7) is 0. The molecule has 1 rings (SSSR count). The van der Waals surface area contributed by atoms with Gasteiger partial charge in [-0.05, 0) is 51.2 Å². The molecular formula is C10H12S4. The first kappa shape index (κ1) is 12.4. The first-order valence-corrected chi connectivity index (χ1v) is 6.17. The molecule has 0 radical (unpaired) electrons. The number of hydrogen-bond acceptors (Lipinski definition) is 4. The van der Waals surface area contributed by atoms with Crippen LogP contribution in [0.2, 0.25) is 0 Å². The van der Waals surface area contributed by atoms with E-state index in [2.05, 4.69) is 50.5 Å². The van der Waals surface area contributed by atoms with Gasteiger partial charge in [0.1, 0.15) is 0 Å². The van der Waals surface area contributed by atoms with Crippen LogP contribution in [-0.4, -0.2) is 0 Å². The Morgan fingerprint density at radius 2 is 1.21 bits per heavy atom. The van der Waals surface area contributed by atoms with Crippen molar-refractivity contribution in [1.82, 2.24) is 0 Å². The largest absolute Gasteiger partial charge is 0.151 e. The van der Waals surface area contributed by atoms with E-state index in [-0.39, 0.29) is 0 Å². The van der Waals surface area contributed by atoms with Crippen molar-refractivity contribution in [3.63, 3.8) is 0 Å². The Hall–Kier alpha value is 0.360. The molecule has 0 amide bonds. The standard InChI is InChI=1S/C10H12S4/c11-3-7-1-8(4-12)10(6-14)9(2-7)5-13/h3-6,11-14H,1-2H2/b7-3-,8-4+,9-5-,10-6+. The molecule has 1 fully saturated rings.